The summed E-state index contributed by atoms with van der Waals surface area (Å²) in [7, 11) is 3.16. The van der Waals surface area contributed by atoms with Crippen molar-refractivity contribution in [3.63, 3.8) is 0 Å². The Balaban J connectivity index is 1.25. The molecule has 3 heterocycles. The molecule has 1 atom stereocenters. The van der Waals surface area contributed by atoms with E-state index in [4.69, 9.17) is 9.47 Å². The lowest BCUT2D eigenvalue weighted by molar-refractivity contribution is -0.434. The zero-order valence-corrected chi connectivity index (χ0v) is 29.1. The Kier molecular flexibility index (Phi) is 8.24. The Labute approximate surface area is 296 Å². The molecule has 7 rings (SSSR count). The van der Waals surface area contributed by atoms with Crippen LogP contribution in [0.15, 0.2) is 116 Å². The van der Waals surface area contributed by atoms with Crippen LogP contribution in [0.3, 0.4) is 0 Å². The van der Waals surface area contributed by atoms with Crippen LogP contribution in [0.5, 0.6) is 17.4 Å². The van der Waals surface area contributed by atoms with Gasteiger partial charge in [0.25, 0.3) is 11.4 Å². The van der Waals surface area contributed by atoms with Gasteiger partial charge in [-0.1, -0.05) is 56.1 Å². The number of fused-ring (bicyclic) bond motifs is 3. The van der Waals surface area contributed by atoms with Crippen LogP contribution < -0.4 is 25.2 Å². The van der Waals surface area contributed by atoms with Crippen LogP contribution in [0.25, 0.3) is 10.9 Å². The highest BCUT2D eigenvalue weighted by Crippen LogP contribution is 2.52. The summed E-state index contributed by atoms with van der Waals surface area (Å²) in [6.45, 7) is 0.461. The van der Waals surface area contributed by atoms with Crippen LogP contribution in [0, 0.1) is 10.1 Å². The summed E-state index contributed by atoms with van der Waals surface area (Å²) in [6, 6.07) is 25.3. The van der Waals surface area contributed by atoms with Gasteiger partial charge in [0.1, 0.15) is 17.2 Å². The number of azo groups is 1. The molecule has 2 aliphatic rings. The van der Waals surface area contributed by atoms with Crippen LogP contribution >= 0.6 is 31.9 Å². The normalized spacial score (nSPS) is 16.5. The lowest BCUT2D eigenvalue weighted by Gasteiger charge is -2.20. The molecule has 1 aromatic heterocycles. The molecule has 3 N–H and O–H groups in total. The zero-order chi connectivity index (χ0) is 34.4. The zero-order valence-electron chi connectivity index (χ0n) is 26.0. The quantitative estimate of drug-likeness (QED) is 0.0991. The lowest BCUT2D eigenvalue weighted by atomic mass is 9.89. The fraction of sp³-hybridized carbons (Fsp3) is 0.147. The number of nitrogens with zero attached hydrogens (tertiary/aromatic N) is 5. The monoisotopic (exact) mass is 787 g/mol. The van der Waals surface area contributed by atoms with Gasteiger partial charge in [-0.05, 0) is 71.8 Å². The first-order valence-electron chi connectivity index (χ1n) is 14.9. The van der Waals surface area contributed by atoms with Crippen molar-refractivity contribution in [3.8, 4) is 17.4 Å². The molecule has 0 bridgehead atoms. The van der Waals surface area contributed by atoms with E-state index in [-0.39, 0.29) is 23.9 Å². The number of nitrogens with one attached hydrogen (secondary N) is 2. The second kappa shape index (κ2) is 12.6. The largest absolute Gasteiger partial charge is 0.497 e. The molecule has 15 heteroatoms. The molecular weight excluding hydrogens is 762 g/mol. The highest BCUT2D eigenvalue weighted by Gasteiger charge is 2.64. The molecule has 13 nitrogen and oxygen atoms in total. The number of anilines is 2. The Morgan fingerprint density at radius 2 is 1.49 bits per heavy atom. The topological polar surface area (TPSA) is 156 Å². The number of benzene rings is 4. The third kappa shape index (κ3) is 5.44. The first-order chi connectivity index (χ1) is 23.6. The van der Waals surface area contributed by atoms with Gasteiger partial charge in [0.15, 0.2) is 0 Å². The fourth-order valence-electron chi connectivity index (χ4n) is 6.18. The number of hydrazine groups is 1. The predicted octanol–water partition coefficient (Wildman–Crippen LogP) is 7.21. The molecule has 0 unspecified atom stereocenters. The maximum Gasteiger partial charge on any atom is 0.335 e. The number of hydrogen-bond acceptors (Lipinski definition) is 10. The molecule has 1 amide bonds. The standard InChI is InChI=1S/C34H27Br2N7O6/c1-48-23-9-3-19(4-10-23)17-41-27-13-7-21(35)15-25(27)29(32(41)44)37-38-31-30(43(46)47)34(40-39-31)26-16-22(36)8-14-28(26)42(33(34)45)18-20-5-11-24(49-2)12-6-20/h3-16,37-38,44H,17-18H2,1-2H3/t34-/m1/s1. The smallest absolute Gasteiger partial charge is 0.335 e. The van der Waals surface area contributed by atoms with Gasteiger partial charge in [0, 0.05) is 19.9 Å². The van der Waals surface area contributed by atoms with Crippen molar-refractivity contribution in [2.75, 3.05) is 24.5 Å². The number of aromatic hydroxyl groups is 1. The molecule has 4 aromatic carbocycles. The number of carbonyl (C=O) groups is 1. The van der Waals surface area contributed by atoms with Crippen LogP contribution in [0.2, 0.25) is 0 Å². The van der Waals surface area contributed by atoms with Gasteiger partial charge in [0.05, 0.1) is 43.4 Å². The van der Waals surface area contributed by atoms with Crippen molar-refractivity contribution in [3.05, 3.63) is 132 Å². The maximum absolute atomic E-state index is 14.3. The molecule has 1 spiro atoms. The Hall–Kier alpha value is -5.41. The average Bonchev–Trinajstić information content (AvgIpc) is 3.69. The predicted molar refractivity (Wildman–Crippen MR) is 189 cm³/mol. The molecule has 49 heavy (non-hydrogen) atoms. The number of carbonyl (C=O) groups excluding carboxylic acids is 1. The molecule has 2 aliphatic heterocycles. The number of aromatic nitrogens is 1. The van der Waals surface area contributed by atoms with Gasteiger partial charge in [-0.3, -0.25) is 25.8 Å². The third-order valence-electron chi connectivity index (χ3n) is 8.55. The van der Waals surface area contributed by atoms with E-state index in [9.17, 15) is 20.0 Å². The third-order valence-corrected chi connectivity index (χ3v) is 9.53. The van der Waals surface area contributed by atoms with Gasteiger partial charge in [-0.15, -0.1) is 5.11 Å². The summed E-state index contributed by atoms with van der Waals surface area (Å²) >= 11 is 6.95. The van der Waals surface area contributed by atoms with E-state index in [0.717, 1.165) is 15.6 Å². The van der Waals surface area contributed by atoms with Gasteiger partial charge in [-0.2, -0.15) is 5.11 Å². The minimum atomic E-state index is -2.05. The second-order valence-electron chi connectivity index (χ2n) is 11.3. The maximum atomic E-state index is 14.3. The molecule has 0 aliphatic carbocycles. The fourth-order valence-corrected chi connectivity index (χ4v) is 6.90. The first-order valence-corrected chi connectivity index (χ1v) is 16.5. The van der Waals surface area contributed by atoms with Crippen LogP contribution in [0.1, 0.15) is 16.7 Å². The molecule has 0 saturated heterocycles. The number of amides is 1. The summed E-state index contributed by atoms with van der Waals surface area (Å²) < 4.78 is 13.6. The number of hydrogen-bond donors (Lipinski definition) is 3. The Bertz CT molecular complexity index is 2200. The summed E-state index contributed by atoms with van der Waals surface area (Å²) in [6.07, 6.45) is 0. The SMILES string of the molecule is COc1ccc(CN2C(=O)[C@@]3(N=NC(NNc4c(O)n(Cc5ccc(OC)cc5)c5ccc(Br)cc45)=C3[N+](=O)[O-])c3cc(Br)ccc32)cc1. The lowest BCUT2D eigenvalue weighted by Crippen LogP contribution is -2.41. The molecule has 248 valence electrons. The van der Waals surface area contributed by atoms with E-state index in [1.807, 2.05) is 54.6 Å². The van der Waals surface area contributed by atoms with E-state index >= 15 is 0 Å². The van der Waals surface area contributed by atoms with Crippen molar-refractivity contribution in [1.29, 1.82) is 0 Å². The Morgan fingerprint density at radius 3 is 2.12 bits per heavy atom. The van der Waals surface area contributed by atoms with E-state index in [2.05, 4.69) is 52.9 Å². The molecule has 0 radical (unpaired) electrons. The number of nitro groups is 1. The van der Waals surface area contributed by atoms with Crippen molar-refractivity contribution in [1.82, 2.24) is 9.99 Å². The number of halogens is 2. The number of methoxy groups -OCH3 is 2. The molecule has 0 saturated carbocycles. The Morgan fingerprint density at radius 1 is 0.878 bits per heavy atom. The first kappa shape index (κ1) is 32.2. The summed E-state index contributed by atoms with van der Waals surface area (Å²) in [5, 5.41) is 33.4. The van der Waals surface area contributed by atoms with E-state index < -0.39 is 22.1 Å². The van der Waals surface area contributed by atoms with Crippen molar-refractivity contribution in [2.45, 2.75) is 18.6 Å². The summed E-state index contributed by atoms with van der Waals surface area (Å²) in [4.78, 5) is 28.0. The molecule has 0 fully saturated rings. The average molecular weight is 789 g/mol. The van der Waals surface area contributed by atoms with Crippen LogP contribution in [-0.4, -0.2) is 34.7 Å². The van der Waals surface area contributed by atoms with Crippen LogP contribution in [-0.2, 0) is 23.4 Å². The summed E-state index contributed by atoms with van der Waals surface area (Å²) in [5.41, 5.74) is 6.55. The van der Waals surface area contributed by atoms with Crippen molar-refractivity contribution in [2.24, 2.45) is 10.2 Å². The van der Waals surface area contributed by atoms with E-state index in [1.54, 1.807) is 49.1 Å². The highest BCUT2D eigenvalue weighted by molar-refractivity contribution is 9.10. The van der Waals surface area contributed by atoms with Crippen molar-refractivity contribution < 1.29 is 24.3 Å². The summed E-state index contributed by atoms with van der Waals surface area (Å²) in [5.74, 6) is 0.346. The molecule has 5 aromatic rings. The highest BCUT2D eigenvalue weighted by atomic mass is 79.9. The van der Waals surface area contributed by atoms with Crippen LogP contribution in [0.4, 0.5) is 11.4 Å². The van der Waals surface area contributed by atoms with Gasteiger partial charge in [-0.25, -0.2) is 0 Å². The minimum absolute atomic E-state index is 0.124. The van der Waals surface area contributed by atoms with E-state index in [1.165, 1.54) is 4.90 Å². The number of ether oxygens (including phenoxy) is 2. The van der Waals surface area contributed by atoms with Crippen molar-refractivity contribution >= 4 is 60.0 Å². The second-order valence-corrected chi connectivity index (χ2v) is 13.1. The van der Waals surface area contributed by atoms with Gasteiger partial charge < -0.3 is 24.0 Å². The van der Waals surface area contributed by atoms with Gasteiger partial charge >= 0.3 is 5.70 Å². The minimum Gasteiger partial charge on any atom is -0.497 e. The van der Waals surface area contributed by atoms with E-state index in [0.29, 0.717) is 44.7 Å². The molecular formula is C34H27Br2N7O6. The number of rotatable bonds is 10. The van der Waals surface area contributed by atoms with Gasteiger partial charge in [0.2, 0.25) is 11.7 Å².